The Morgan fingerprint density at radius 1 is 1.26 bits per heavy atom. The molecule has 124 valence electrons. The second-order valence-corrected chi connectivity index (χ2v) is 5.48. The Balaban J connectivity index is 2.06. The number of amides is 1. The summed E-state index contributed by atoms with van der Waals surface area (Å²) in [7, 11) is 3.44. The van der Waals surface area contributed by atoms with Crippen molar-refractivity contribution in [3.05, 3.63) is 35.6 Å². The summed E-state index contributed by atoms with van der Waals surface area (Å²) in [5.41, 5.74) is 2.00. The summed E-state index contributed by atoms with van der Waals surface area (Å²) in [6.45, 7) is 5.38. The van der Waals surface area contributed by atoms with E-state index in [-0.39, 0.29) is 12.5 Å². The van der Waals surface area contributed by atoms with Crippen molar-refractivity contribution >= 4 is 22.8 Å². The average Bonchev–Trinajstić information content (AvgIpc) is 2.86. The molecule has 1 aromatic heterocycles. The molecule has 6 nitrogen and oxygen atoms in total. The van der Waals surface area contributed by atoms with E-state index >= 15 is 0 Å². The number of carbonyl (C=O) groups is 1. The van der Waals surface area contributed by atoms with E-state index in [4.69, 9.17) is 4.42 Å². The first-order valence-corrected chi connectivity index (χ1v) is 7.72. The van der Waals surface area contributed by atoms with Crippen molar-refractivity contribution < 1.29 is 9.21 Å². The molecule has 1 aromatic carbocycles. The third-order valence-electron chi connectivity index (χ3n) is 3.57. The van der Waals surface area contributed by atoms with E-state index in [0.717, 1.165) is 28.8 Å². The molecule has 23 heavy (non-hydrogen) atoms. The second-order valence-electron chi connectivity index (χ2n) is 5.48. The molecular formula is C17H24N4O2. The molecule has 2 rings (SSSR count). The maximum Gasteiger partial charge on any atom is 0.243 e. The van der Waals surface area contributed by atoms with Crippen LogP contribution in [0.4, 0.5) is 0 Å². The fourth-order valence-electron chi connectivity index (χ4n) is 2.19. The summed E-state index contributed by atoms with van der Waals surface area (Å²) in [5.74, 6) is 1.43. The fraction of sp³-hybridized carbons (Fsp3) is 0.412. The lowest BCUT2D eigenvalue weighted by Crippen LogP contribution is -2.38. The lowest BCUT2D eigenvalue weighted by molar-refractivity contribution is -0.127. The number of likely N-dealkylation sites (N-methyl/N-ethyl adjacent to an activating group) is 1. The number of guanidine groups is 1. The largest absolute Gasteiger partial charge is 0.459 e. The van der Waals surface area contributed by atoms with Crippen molar-refractivity contribution in [3.8, 4) is 0 Å². The van der Waals surface area contributed by atoms with Crippen LogP contribution in [0.25, 0.3) is 11.0 Å². The SMILES string of the molecule is CCNC(=NCC(=O)N(C)C)NCc1oc2ccccc2c1C. The van der Waals surface area contributed by atoms with E-state index in [9.17, 15) is 4.79 Å². The smallest absolute Gasteiger partial charge is 0.243 e. The van der Waals surface area contributed by atoms with Crippen LogP contribution in [0, 0.1) is 6.92 Å². The van der Waals surface area contributed by atoms with Gasteiger partial charge in [0.25, 0.3) is 0 Å². The van der Waals surface area contributed by atoms with Crippen LogP contribution < -0.4 is 10.6 Å². The Kier molecular flexibility index (Phi) is 5.62. The highest BCUT2D eigenvalue weighted by molar-refractivity contribution is 5.85. The Labute approximate surface area is 136 Å². The molecule has 0 radical (unpaired) electrons. The highest BCUT2D eigenvalue weighted by Crippen LogP contribution is 2.24. The van der Waals surface area contributed by atoms with E-state index < -0.39 is 0 Å². The Bertz CT molecular complexity index is 704. The van der Waals surface area contributed by atoms with Crippen molar-refractivity contribution in [2.45, 2.75) is 20.4 Å². The van der Waals surface area contributed by atoms with Crippen molar-refractivity contribution in [2.24, 2.45) is 4.99 Å². The molecule has 0 saturated carbocycles. The van der Waals surface area contributed by atoms with Gasteiger partial charge < -0.3 is 20.0 Å². The normalized spacial score (nSPS) is 11.6. The minimum absolute atomic E-state index is 0.0397. The van der Waals surface area contributed by atoms with Gasteiger partial charge in [-0.15, -0.1) is 0 Å². The van der Waals surface area contributed by atoms with Gasteiger partial charge in [-0.3, -0.25) is 4.79 Å². The Morgan fingerprint density at radius 3 is 2.65 bits per heavy atom. The zero-order valence-corrected chi connectivity index (χ0v) is 14.1. The van der Waals surface area contributed by atoms with Gasteiger partial charge in [-0.25, -0.2) is 4.99 Å². The molecule has 0 unspecified atom stereocenters. The van der Waals surface area contributed by atoms with E-state index in [0.29, 0.717) is 12.5 Å². The molecule has 1 heterocycles. The number of nitrogens with one attached hydrogen (secondary N) is 2. The maximum atomic E-state index is 11.6. The topological polar surface area (TPSA) is 69.9 Å². The summed E-state index contributed by atoms with van der Waals surface area (Å²) in [6, 6.07) is 7.97. The number of hydrogen-bond acceptors (Lipinski definition) is 3. The minimum atomic E-state index is -0.0397. The van der Waals surface area contributed by atoms with Gasteiger partial charge in [-0.05, 0) is 19.9 Å². The minimum Gasteiger partial charge on any atom is -0.459 e. The van der Waals surface area contributed by atoms with Crippen molar-refractivity contribution in [1.82, 2.24) is 15.5 Å². The zero-order chi connectivity index (χ0) is 16.8. The predicted octanol–water partition coefficient (Wildman–Crippen LogP) is 1.88. The monoisotopic (exact) mass is 316 g/mol. The van der Waals surface area contributed by atoms with Crippen LogP contribution in [0.3, 0.4) is 0 Å². The Hall–Kier alpha value is -2.50. The average molecular weight is 316 g/mol. The summed E-state index contributed by atoms with van der Waals surface area (Å²) < 4.78 is 5.87. The number of rotatable bonds is 5. The number of furan rings is 1. The third-order valence-corrected chi connectivity index (χ3v) is 3.57. The molecule has 0 aliphatic carbocycles. The number of para-hydroxylation sites is 1. The molecule has 0 atom stereocenters. The summed E-state index contributed by atoms with van der Waals surface area (Å²) in [4.78, 5) is 17.5. The molecule has 0 spiro atoms. The van der Waals surface area contributed by atoms with Crippen molar-refractivity contribution in [2.75, 3.05) is 27.2 Å². The van der Waals surface area contributed by atoms with Crippen molar-refractivity contribution in [3.63, 3.8) is 0 Å². The van der Waals surface area contributed by atoms with Crippen molar-refractivity contribution in [1.29, 1.82) is 0 Å². The van der Waals surface area contributed by atoms with Crippen LogP contribution in [-0.2, 0) is 11.3 Å². The zero-order valence-electron chi connectivity index (χ0n) is 14.1. The van der Waals surface area contributed by atoms with Gasteiger partial charge in [0.2, 0.25) is 5.91 Å². The number of hydrogen-bond donors (Lipinski definition) is 2. The highest BCUT2D eigenvalue weighted by atomic mass is 16.3. The van der Waals surface area contributed by atoms with Crippen LogP contribution in [0.15, 0.2) is 33.7 Å². The van der Waals surface area contributed by atoms with Crippen LogP contribution in [0.1, 0.15) is 18.2 Å². The number of carbonyl (C=O) groups excluding carboxylic acids is 1. The highest BCUT2D eigenvalue weighted by Gasteiger charge is 2.10. The lowest BCUT2D eigenvalue weighted by atomic mass is 10.1. The molecule has 1 amide bonds. The van der Waals surface area contributed by atoms with Gasteiger partial charge in [-0.1, -0.05) is 18.2 Å². The fourth-order valence-corrected chi connectivity index (χ4v) is 2.19. The van der Waals surface area contributed by atoms with Crippen LogP contribution >= 0.6 is 0 Å². The second kappa shape index (κ2) is 7.67. The molecule has 0 aliphatic heterocycles. The molecule has 6 heteroatoms. The van der Waals surface area contributed by atoms with Gasteiger partial charge in [0.05, 0.1) is 6.54 Å². The number of aryl methyl sites for hydroxylation is 1. The lowest BCUT2D eigenvalue weighted by Gasteiger charge is -2.12. The maximum absolute atomic E-state index is 11.6. The first-order valence-electron chi connectivity index (χ1n) is 7.72. The van der Waals surface area contributed by atoms with Gasteiger partial charge in [-0.2, -0.15) is 0 Å². The molecule has 0 aliphatic rings. The van der Waals surface area contributed by atoms with E-state index in [2.05, 4.69) is 15.6 Å². The van der Waals surface area contributed by atoms with E-state index in [1.54, 1.807) is 14.1 Å². The van der Waals surface area contributed by atoms with Crippen LogP contribution in [-0.4, -0.2) is 44.0 Å². The van der Waals surface area contributed by atoms with Crippen LogP contribution in [0.5, 0.6) is 0 Å². The quantitative estimate of drug-likeness (QED) is 0.653. The van der Waals surface area contributed by atoms with Gasteiger partial charge in [0, 0.05) is 31.6 Å². The standard InChI is InChI=1S/C17H24N4O2/c1-5-18-17(20-11-16(22)21(3)4)19-10-15-12(2)13-8-6-7-9-14(13)23-15/h6-9H,5,10-11H2,1-4H3,(H2,18,19,20). The summed E-state index contributed by atoms with van der Waals surface area (Å²) >= 11 is 0. The molecule has 0 bridgehead atoms. The number of aliphatic imine (C=N–C) groups is 1. The third kappa shape index (κ3) is 4.25. The van der Waals surface area contributed by atoms with Crippen LogP contribution in [0.2, 0.25) is 0 Å². The summed E-state index contributed by atoms with van der Waals surface area (Å²) in [6.07, 6.45) is 0. The van der Waals surface area contributed by atoms with E-state index in [1.807, 2.05) is 38.1 Å². The van der Waals surface area contributed by atoms with Gasteiger partial charge in [0.1, 0.15) is 17.9 Å². The van der Waals surface area contributed by atoms with Gasteiger partial charge in [0.15, 0.2) is 5.96 Å². The Morgan fingerprint density at radius 2 is 2.00 bits per heavy atom. The van der Waals surface area contributed by atoms with E-state index in [1.165, 1.54) is 4.90 Å². The molecule has 0 saturated heterocycles. The first-order chi connectivity index (χ1) is 11.0. The molecule has 0 fully saturated rings. The number of nitrogens with zero attached hydrogens (tertiary/aromatic N) is 2. The first kappa shape index (κ1) is 16.9. The number of benzene rings is 1. The number of fused-ring (bicyclic) bond motifs is 1. The molecular weight excluding hydrogens is 292 g/mol. The molecule has 2 aromatic rings. The predicted molar refractivity (Wildman–Crippen MR) is 92.5 cm³/mol. The molecule has 2 N–H and O–H groups in total. The summed E-state index contributed by atoms with van der Waals surface area (Å²) in [5, 5.41) is 7.45. The van der Waals surface area contributed by atoms with Gasteiger partial charge >= 0.3 is 0 Å².